The topological polar surface area (TPSA) is 35.8 Å². The third-order valence-electron chi connectivity index (χ3n) is 2.30. The van der Waals surface area contributed by atoms with Crippen LogP contribution in [-0.2, 0) is 0 Å². The summed E-state index contributed by atoms with van der Waals surface area (Å²) in [5, 5.41) is 12.0. The number of nitriles is 1. The van der Waals surface area contributed by atoms with Crippen molar-refractivity contribution in [3.8, 4) is 6.07 Å². The number of rotatable bonds is 2. The van der Waals surface area contributed by atoms with E-state index in [1.165, 1.54) is 12.1 Å². The lowest BCUT2D eigenvalue weighted by Crippen LogP contribution is -1.94. The predicted molar refractivity (Wildman–Crippen MR) is 73.5 cm³/mol. The molecular weight excluding hydrogens is 319 g/mol. The van der Waals surface area contributed by atoms with Crippen molar-refractivity contribution < 1.29 is 4.39 Å². The molecule has 1 N–H and O–H groups in total. The van der Waals surface area contributed by atoms with Gasteiger partial charge in [0.05, 0.1) is 28.0 Å². The van der Waals surface area contributed by atoms with Gasteiger partial charge in [0, 0.05) is 4.47 Å². The van der Waals surface area contributed by atoms with Crippen LogP contribution >= 0.6 is 27.5 Å². The van der Waals surface area contributed by atoms with E-state index in [9.17, 15) is 4.39 Å². The van der Waals surface area contributed by atoms with Crippen molar-refractivity contribution in [3.05, 3.63) is 57.3 Å². The van der Waals surface area contributed by atoms with Crippen LogP contribution in [0, 0.1) is 17.1 Å². The molecule has 2 nitrogen and oxygen atoms in total. The first-order valence-electron chi connectivity index (χ1n) is 5.02. The Bertz CT molecular complexity index is 637. The van der Waals surface area contributed by atoms with E-state index < -0.39 is 0 Å². The number of halogens is 3. The molecule has 0 aliphatic carbocycles. The first-order chi connectivity index (χ1) is 8.60. The Morgan fingerprint density at radius 3 is 2.50 bits per heavy atom. The first-order valence-corrected chi connectivity index (χ1v) is 6.19. The minimum Gasteiger partial charge on any atom is -0.352 e. The third-order valence-corrected chi connectivity index (χ3v) is 3.10. The normalized spacial score (nSPS) is 9.89. The van der Waals surface area contributed by atoms with Crippen molar-refractivity contribution in [3.63, 3.8) is 0 Å². The minimum atomic E-state index is -0.384. The maximum Gasteiger partial charge on any atom is 0.147 e. The van der Waals surface area contributed by atoms with Crippen LogP contribution in [0.4, 0.5) is 15.8 Å². The van der Waals surface area contributed by atoms with E-state index in [4.69, 9.17) is 16.9 Å². The fourth-order valence-corrected chi connectivity index (χ4v) is 1.98. The average Bonchev–Trinajstić information content (AvgIpc) is 2.34. The highest BCUT2D eigenvalue weighted by atomic mass is 79.9. The second-order valence-corrected chi connectivity index (χ2v) is 4.88. The minimum absolute atomic E-state index is 0.324. The number of nitrogens with zero attached hydrogens (tertiary/aromatic N) is 1. The zero-order valence-electron chi connectivity index (χ0n) is 9.05. The summed E-state index contributed by atoms with van der Waals surface area (Å²) in [7, 11) is 0. The number of benzene rings is 2. The fourth-order valence-electron chi connectivity index (χ4n) is 1.42. The van der Waals surface area contributed by atoms with Gasteiger partial charge in [-0.15, -0.1) is 0 Å². The Morgan fingerprint density at radius 2 is 1.89 bits per heavy atom. The highest BCUT2D eigenvalue weighted by Gasteiger charge is 2.06. The van der Waals surface area contributed by atoms with Crippen LogP contribution in [0.2, 0.25) is 5.02 Å². The number of nitrogens with one attached hydrogen (secondary N) is 1. The van der Waals surface area contributed by atoms with Crippen LogP contribution < -0.4 is 5.32 Å². The van der Waals surface area contributed by atoms with Gasteiger partial charge in [-0.2, -0.15) is 5.26 Å². The van der Waals surface area contributed by atoms with E-state index >= 15 is 0 Å². The van der Waals surface area contributed by atoms with Gasteiger partial charge in [-0.3, -0.25) is 0 Å². The van der Waals surface area contributed by atoms with Crippen molar-refractivity contribution >= 4 is 38.9 Å². The molecule has 0 fully saturated rings. The predicted octanol–water partition coefficient (Wildman–Crippen LogP) is 4.86. The molecule has 0 bridgehead atoms. The number of hydrogen-bond acceptors (Lipinski definition) is 2. The van der Waals surface area contributed by atoms with Crippen molar-refractivity contribution in [2.75, 3.05) is 5.32 Å². The first kappa shape index (κ1) is 12.9. The molecule has 0 saturated carbocycles. The largest absolute Gasteiger partial charge is 0.352 e. The molecule has 2 aromatic rings. The van der Waals surface area contributed by atoms with Gasteiger partial charge in [-0.05, 0) is 36.4 Å². The molecule has 0 unspecified atom stereocenters. The summed E-state index contributed by atoms with van der Waals surface area (Å²) in [6.45, 7) is 0. The van der Waals surface area contributed by atoms with Crippen LogP contribution in [0.1, 0.15) is 5.56 Å². The van der Waals surface area contributed by atoms with Crippen molar-refractivity contribution in [1.29, 1.82) is 5.26 Å². The van der Waals surface area contributed by atoms with E-state index in [2.05, 4.69) is 21.2 Å². The molecule has 2 aromatic carbocycles. The van der Waals surface area contributed by atoms with Gasteiger partial charge in [0.1, 0.15) is 5.82 Å². The van der Waals surface area contributed by atoms with Gasteiger partial charge in [0.15, 0.2) is 0 Å². The molecule has 0 aromatic heterocycles. The molecule has 0 atom stereocenters. The summed E-state index contributed by atoms with van der Waals surface area (Å²) in [6, 6.07) is 11.5. The van der Waals surface area contributed by atoms with Gasteiger partial charge in [0.2, 0.25) is 0 Å². The Kier molecular flexibility index (Phi) is 3.85. The maximum absolute atomic E-state index is 13.6. The summed E-state index contributed by atoms with van der Waals surface area (Å²) in [5.74, 6) is -0.384. The Labute approximate surface area is 117 Å². The Morgan fingerprint density at radius 1 is 1.17 bits per heavy atom. The lowest BCUT2D eigenvalue weighted by molar-refractivity contribution is 0.631. The standard InChI is InChI=1S/C13H7BrClFN2/c14-9-2-4-13(11(16)6-9)18-12-3-1-8(7-17)5-10(12)15/h1-6,18H. The molecule has 0 spiro atoms. The fraction of sp³-hybridized carbons (Fsp3) is 0. The van der Waals surface area contributed by atoms with E-state index in [1.807, 2.05) is 6.07 Å². The molecule has 2 rings (SSSR count). The van der Waals surface area contributed by atoms with Crippen LogP contribution in [-0.4, -0.2) is 0 Å². The van der Waals surface area contributed by atoms with Crippen molar-refractivity contribution in [2.24, 2.45) is 0 Å². The van der Waals surface area contributed by atoms with Crippen LogP contribution in [0.5, 0.6) is 0 Å². The molecule has 0 radical (unpaired) electrons. The van der Waals surface area contributed by atoms with E-state index in [1.54, 1.807) is 24.3 Å². The third kappa shape index (κ3) is 2.81. The highest BCUT2D eigenvalue weighted by Crippen LogP contribution is 2.28. The van der Waals surface area contributed by atoms with Gasteiger partial charge in [0.25, 0.3) is 0 Å². The van der Waals surface area contributed by atoms with Gasteiger partial charge < -0.3 is 5.32 Å². The van der Waals surface area contributed by atoms with Gasteiger partial charge in [-0.1, -0.05) is 27.5 Å². The van der Waals surface area contributed by atoms with E-state index in [0.717, 1.165) is 0 Å². The molecular formula is C13H7BrClFN2. The summed E-state index contributed by atoms with van der Waals surface area (Å²) in [4.78, 5) is 0. The number of anilines is 2. The molecule has 0 aliphatic heterocycles. The van der Waals surface area contributed by atoms with Crippen LogP contribution in [0.15, 0.2) is 40.9 Å². The van der Waals surface area contributed by atoms with E-state index in [0.29, 0.717) is 26.4 Å². The van der Waals surface area contributed by atoms with Crippen LogP contribution in [0.3, 0.4) is 0 Å². The van der Waals surface area contributed by atoms with Crippen LogP contribution in [0.25, 0.3) is 0 Å². The Balaban J connectivity index is 2.32. The van der Waals surface area contributed by atoms with Crippen molar-refractivity contribution in [2.45, 2.75) is 0 Å². The summed E-state index contributed by atoms with van der Waals surface area (Å²) in [5.41, 5.74) is 1.34. The SMILES string of the molecule is N#Cc1ccc(Nc2ccc(Br)cc2F)c(Cl)c1. The number of hydrogen-bond donors (Lipinski definition) is 1. The molecule has 0 amide bonds. The zero-order valence-corrected chi connectivity index (χ0v) is 11.4. The second kappa shape index (κ2) is 5.38. The molecule has 5 heteroatoms. The van der Waals surface area contributed by atoms with Gasteiger partial charge in [-0.25, -0.2) is 4.39 Å². The summed E-state index contributed by atoms with van der Waals surface area (Å²) < 4.78 is 14.3. The van der Waals surface area contributed by atoms with Gasteiger partial charge >= 0.3 is 0 Å². The molecule has 90 valence electrons. The Hall–Kier alpha value is -1.57. The molecule has 0 heterocycles. The van der Waals surface area contributed by atoms with Crippen molar-refractivity contribution in [1.82, 2.24) is 0 Å². The van der Waals surface area contributed by atoms with E-state index in [-0.39, 0.29) is 5.82 Å². The average molecular weight is 326 g/mol. The lowest BCUT2D eigenvalue weighted by Gasteiger charge is -2.09. The highest BCUT2D eigenvalue weighted by molar-refractivity contribution is 9.10. The summed E-state index contributed by atoms with van der Waals surface area (Å²) in [6.07, 6.45) is 0. The second-order valence-electron chi connectivity index (χ2n) is 3.56. The molecule has 0 aliphatic rings. The lowest BCUT2D eigenvalue weighted by atomic mass is 10.2. The quantitative estimate of drug-likeness (QED) is 0.856. The maximum atomic E-state index is 13.6. The zero-order chi connectivity index (χ0) is 13.1. The molecule has 0 saturated heterocycles. The molecule has 18 heavy (non-hydrogen) atoms. The smallest absolute Gasteiger partial charge is 0.147 e. The summed E-state index contributed by atoms with van der Waals surface area (Å²) >= 11 is 9.18. The monoisotopic (exact) mass is 324 g/mol.